The number of hydrogen-bond donors (Lipinski definition) is 3. The number of hydrogen-bond acceptors (Lipinski definition) is 5. The van der Waals surface area contributed by atoms with Crippen molar-refractivity contribution in [2.45, 2.75) is 0 Å². The highest BCUT2D eigenvalue weighted by molar-refractivity contribution is 7.80. The highest BCUT2D eigenvalue weighted by atomic mass is 32.1. The van der Waals surface area contributed by atoms with Gasteiger partial charge in [0.1, 0.15) is 0 Å². The van der Waals surface area contributed by atoms with Crippen molar-refractivity contribution in [3.8, 4) is 0 Å². The van der Waals surface area contributed by atoms with Gasteiger partial charge >= 0.3 is 0 Å². The monoisotopic (exact) mass is 242 g/mol. The summed E-state index contributed by atoms with van der Waals surface area (Å²) in [5.74, 6) is 1.21. The number of aromatic nitrogens is 3. The van der Waals surface area contributed by atoms with E-state index in [0.717, 1.165) is 13.1 Å². The average molecular weight is 242 g/mol. The smallest absolute Gasteiger partial charge is 0.246 e. The SMILES string of the molecule is CNC(=S)Nc1nc(N2CCOCC2)n[nH]1. The molecule has 7 nitrogen and oxygen atoms in total. The fourth-order valence-corrected chi connectivity index (χ4v) is 1.48. The molecule has 16 heavy (non-hydrogen) atoms. The third-order valence-electron chi connectivity index (χ3n) is 2.23. The van der Waals surface area contributed by atoms with Crippen molar-refractivity contribution in [3.05, 3.63) is 0 Å². The van der Waals surface area contributed by atoms with Crippen molar-refractivity contribution in [3.63, 3.8) is 0 Å². The molecule has 0 unspecified atom stereocenters. The Labute approximate surface area is 98.6 Å². The minimum absolute atomic E-state index is 0.504. The molecule has 0 aromatic carbocycles. The minimum Gasteiger partial charge on any atom is -0.378 e. The van der Waals surface area contributed by atoms with E-state index < -0.39 is 0 Å². The molecule has 1 aromatic rings. The van der Waals surface area contributed by atoms with Crippen LogP contribution in [0.2, 0.25) is 0 Å². The van der Waals surface area contributed by atoms with Gasteiger partial charge in [0.15, 0.2) is 5.11 Å². The molecule has 8 heteroatoms. The number of nitrogens with zero attached hydrogens (tertiary/aromatic N) is 3. The zero-order valence-corrected chi connectivity index (χ0v) is 9.80. The van der Waals surface area contributed by atoms with Crippen LogP contribution in [-0.2, 0) is 4.74 Å². The number of rotatable bonds is 2. The lowest BCUT2D eigenvalue weighted by Gasteiger charge is -2.25. The van der Waals surface area contributed by atoms with Crippen LogP contribution < -0.4 is 15.5 Å². The second kappa shape index (κ2) is 5.08. The molecular weight excluding hydrogens is 228 g/mol. The molecule has 2 heterocycles. The van der Waals surface area contributed by atoms with Crippen molar-refractivity contribution in [1.82, 2.24) is 20.5 Å². The van der Waals surface area contributed by atoms with E-state index in [1.54, 1.807) is 7.05 Å². The van der Waals surface area contributed by atoms with E-state index in [1.807, 2.05) is 0 Å². The van der Waals surface area contributed by atoms with Gasteiger partial charge in [0, 0.05) is 20.1 Å². The van der Waals surface area contributed by atoms with Gasteiger partial charge in [-0.3, -0.25) is 0 Å². The lowest BCUT2D eigenvalue weighted by molar-refractivity contribution is 0.122. The van der Waals surface area contributed by atoms with Crippen LogP contribution in [0.1, 0.15) is 0 Å². The Morgan fingerprint density at radius 3 is 2.94 bits per heavy atom. The Bertz CT molecular complexity index is 361. The van der Waals surface area contributed by atoms with Crippen LogP contribution in [0, 0.1) is 0 Å². The molecule has 0 saturated carbocycles. The van der Waals surface area contributed by atoms with Gasteiger partial charge in [-0.25, -0.2) is 5.10 Å². The van der Waals surface area contributed by atoms with Gasteiger partial charge in [-0.15, -0.1) is 5.10 Å². The van der Waals surface area contributed by atoms with E-state index in [-0.39, 0.29) is 0 Å². The topological polar surface area (TPSA) is 78.1 Å². The van der Waals surface area contributed by atoms with E-state index in [9.17, 15) is 0 Å². The van der Waals surface area contributed by atoms with E-state index in [1.165, 1.54) is 0 Å². The summed E-state index contributed by atoms with van der Waals surface area (Å²) in [6.45, 7) is 3.06. The number of morpholine rings is 1. The standard InChI is InChI=1S/C8H14N6OS/c1-9-8(16)11-6-10-7(13-12-6)14-2-4-15-5-3-14/h2-5H2,1H3,(H3,9,10,11,12,13,16). The van der Waals surface area contributed by atoms with Crippen molar-refractivity contribution >= 4 is 29.2 Å². The highest BCUT2D eigenvalue weighted by Gasteiger charge is 2.15. The quantitative estimate of drug-likeness (QED) is 0.607. The van der Waals surface area contributed by atoms with E-state index in [4.69, 9.17) is 17.0 Å². The molecular formula is C8H14N6OS. The van der Waals surface area contributed by atoms with Crippen molar-refractivity contribution in [2.75, 3.05) is 43.6 Å². The maximum Gasteiger partial charge on any atom is 0.246 e. The largest absolute Gasteiger partial charge is 0.378 e. The summed E-state index contributed by atoms with van der Waals surface area (Å²) in [6, 6.07) is 0. The Morgan fingerprint density at radius 1 is 1.50 bits per heavy atom. The summed E-state index contributed by atoms with van der Waals surface area (Å²) in [5.41, 5.74) is 0. The molecule has 0 radical (unpaired) electrons. The predicted octanol–water partition coefficient (Wildman–Crippen LogP) is -0.442. The molecule has 2 rings (SSSR count). The molecule has 1 aliphatic rings. The molecule has 0 bridgehead atoms. The van der Waals surface area contributed by atoms with Crippen LogP contribution in [0.15, 0.2) is 0 Å². The lowest BCUT2D eigenvalue weighted by atomic mass is 10.4. The Balaban J connectivity index is 1.98. The molecule has 1 aromatic heterocycles. The van der Waals surface area contributed by atoms with E-state index in [0.29, 0.717) is 30.2 Å². The molecule has 0 amide bonds. The zero-order valence-electron chi connectivity index (χ0n) is 8.99. The maximum atomic E-state index is 5.26. The summed E-state index contributed by atoms with van der Waals surface area (Å²) in [6.07, 6.45) is 0. The van der Waals surface area contributed by atoms with Gasteiger partial charge in [0.05, 0.1) is 13.2 Å². The maximum absolute atomic E-state index is 5.26. The highest BCUT2D eigenvalue weighted by Crippen LogP contribution is 2.11. The summed E-state index contributed by atoms with van der Waals surface area (Å²) in [7, 11) is 1.74. The van der Waals surface area contributed by atoms with Gasteiger partial charge in [0.2, 0.25) is 11.9 Å². The molecule has 0 aliphatic carbocycles. The molecule has 0 atom stereocenters. The van der Waals surface area contributed by atoms with Crippen molar-refractivity contribution < 1.29 is 4.74 Å². The molecule has 88 valence electrons. The van der Waals surface area contributed by atoms with E-state index in [2.05, 4.69) is 30.7 Å². The average Bonchev–Trinajstić information content (AvgIpc) is 2.78. The number of nitrogens with one attached hydrogen (secondary N) is 3. The predicted molar refractivity (Wildman–Crippen MR) is 64.7 cm³/mol. The zero-order chi connectivity index (χ0) is 11.4. The van der Waals surface area contributed by atoms with Gasteiger partial charge in [-0.2, -0.15) is 4.98 Å². The van der Waals surface area contributed by atoms with Gasteiger partial charge in [-0.1, -0.05) is 0 Å². The Kier molecular flexibility index (Phi) is 3.52. The van der Waals surface area contributed by atoms with Crippen LogP contribution in [0.4, 0.5) is 11.9 Å². The summed E-state index contributed by atoms with van der Waals surface area (Å²) >= 11 is 4.96. The molecule has 1 aliphatic heterocycles. The Hall–Kier alpha value is -1.41. The van der Waals surface area contributed by atoms with Crippen LogP contribution in [0.3, 0.4) is 0 Å². The third-order valence-corrected chi connectivity index (χ3v) is 2.53. The minimum atomic E-state index is 0.504. The first kappa shape index (κ1) is 11.1. The molecule has 0 spiro atoms. The number of thiocarbonyl (C=S) groups is 1. The van der Waals surface area contributed by atoms with Gasteiger partial charge in [0.25, 0.3) is 0 Å². The second-order valence-corrected chi connectivity index (χ2v) is 3.70. The molecule has 1 fully saturated rings. The van der Waals surface area contributed by atoms with Crippen LogP contribution >= 0.6 is 12.2 Å². The van der Waals surface area contributed by atoms with Crippen LogP contribution in [0.5, 0.6) is 0 Å². The first-order valence-electron chi connectivity index (χ1n) is 5.03. The summed E-state index contributed by atoms with van der Waals surface area (Å²) in [5, 5.41) is 13.1. The van der Waals surface area contributed by atoms with Crippen LogP contribution in [0.25, 0.3) is 0 Å². The number of ether oxygens (including phenoxy) is 1. The van der Waals surface area contributed by atoms with Gasteiger partial charge < -0.3 is 20.3 Å². The molecule has 3 N–H and O–H groups in total. The third kappa shape index (κ3) is 2.58. The fraction of sp³-hybridized carbons (Fsp3) is 0.625. The Morgan fingerprint density at radius 2 is 2.25 bits per heavy atom. The number of anilines is 2. The van der Waals surface area contributed by atoms with E-state index >= 15 is 0 Å². The fourth-order valence-electron chi connectivity index (χ4n) is 1.38. The number of H-pyrrole nitrogens is 1. The summed E-state index contributed by atoms with van der Waals surface area (Å²) in [4.78, 5) is 6.35. The van der Waals surface area contributed by atoms with Crippen LogP contribution in [-0.4, -0.2) is 53.6 Å². The normalized spacial score (nSPS) is 15.9. The van der Waals surface area contributed by atoms with Crippen molar-refractivity contribution in [2.24, 2.45) is 0 Å². The number of aromatic amines is 1. The summed E-state index contributed by atoms with van der Waals surface area (Å²) < 4.78 is 5.26. The van der Waals surface area contributed by atoms with Gasteiger partial charge in [-0.05, 0) is 12.2 Å². The van der Waals surface area contributed by atoms with Crippen molar-refractivity contribution in [1.29, 1.82) is 0 Å². The molecule has 1 saturated heterocycles. The lowest BCUT2D eigenvalue weighted by Crippen LogP contribution is -2.36. The first-order chi connectivity index (χ1) is 7.79. The second-order valence-electron chi connectivity index (χ2n) is 3.29. The first-order valence-corrected chi connectivity index (χ1v) is 5.44.